The van der Waals surface area contributed by atoms with Crippen molar-refractivity contribution in [3.05, 3.63) is 30.3 Å². The molecule has 0 aromatic heterocycles. The van der Waals surface area contributed by atoms with Gasteiger partial charge in [0.05, 0.1) is 24.6 Å². The minimum absolute atomic E-state index is 0.691. The average Bonchev–Trinajstić information content (AvgIpc) is 2.92. The van der Waals surface area contributed by atoms with Crippen LogP contribution in [0.2, 0.25) is 0 Å². The van der Waals surface area contributed by atoms with Crippen LogP contribution >= 0.6 is 7.26 Å². The van der Waals surface area contributed by atoms with Crippen LogP contribution in [-0.4, -0.2) is 45.7 Å². The van der Waals surface area contributed by atoms with Crippen molar-refractivity contribution in [2.24, 2.45) is 0 Å². The topological polar surface area (TPSA) is 129 Å². The van der Waals surface area contributed by atoms with Crippen LogP contribution in [0.5, 0.6) is 0 Å². The predicted molar refractivity (Wildman–Crippen MR) is 175 cm³/mol. The summed E-state index contributed by atoms with van der Waals surface area (Å²) in [7, 11) is -0.691. The van der Waals surface area contributed by atoms with Crippen molar-refractivity contribution >= 4 is 7.26 Å². The third-order valence-electron chi connectivity index (χ3n) is 8.01. The van der Waals surface area contributed by atoms with Gasteiger partial charge in [-0.3, -0.25) is 30.3 Å². The van der Waals surface area contributed by atoms with E-state index in [9.17, 15) is 30.3 Å². The van der Waals surface area contributed by atoms with E-state index >= 15 is 0 Å². The molecule has 0 aromatic rings. The van der Waals surface area contributed by atoms with Gasteiger partial charge in [0.25, 0.3) is 0 Å². The molecule has 0 aromatic carbocycles. The zero-order valence-electron chi connectivity index (χ0n) is 27.2. The summed E-state index contributed by atoms with van der Waals surface area (Å²) in [6.45, 7) is 9.41. The summed E-state index contributed by atoms with van der Waals surface area (Å²) in [6, 6.07) is 0. The molecule has 0 saturated carbocycles. The highest BCUT2D eigenvalue weighted by molar-refractivity contribution is 7.75. The molecule has 9 nitrogen and oxygen atoms in total. The number of nitrogens with zero attached hydrogens (tertiary/aromatic N) is 3. The molecule has 0 fully saturated rings. The number of hydrogen-bond donors (Lipinski definition) is 0. The van der Waals surface area contributed by atoms with E-state index in [1.165, 1.54) is 116 Å². The van der Waals surface area contributed by atoms with E-state index < -0.39 is 28.3 Å². The van der Waals surface area contributed by atoms with E-state index in [2.05, 4.69) is 27.7 Å². The van der Waals surface area contributed by atoms with E-state index in [-0.39, 0.29) is 0 Å². The molecular formula is C31H65N3O6P+. The summed E-state index contributed by atoms with van der Waals surface area (Å²) in [5.74, 6) is 0. The molecule has 0 spiro atoms. The Morgan fingerprint density at radius 3 is 0.780 bits per heavy atom. The molecule has 0 saturated heterocycles. The average molecular weight is 607 g/mol. The van der Waals surface area contributed by atoms with Gasteiger partial charge in [0.1, 0.15) is 0 Å². The summed E-state index contributed by atoms with van der Waals surface area (Å²) >= 11 is 0. The van der Waals surface area contributed by atoms with Crippen molar-refractivity contribution in [3.8, 4) is 0 Å². The first-order valence-corrected chi connectivity index (χ1v) is 19.5. The van der Waals surface area contributed by atoms with Crippen LogP contribution in [0.1, 0.15) is 169 Å². The van der Waals surface area contributed by atoms with Gasteiger partial charge < -0.3 is 0 Å². The van der Waals surface area contributed by atoms with Gasteiger partial charge in [-0.2, -0.15) is 0 Å². The molecule has 0 heterocycles. The maximum Gasteiger partial charge on any atom is 0.693 e. The smallest absolute Gasteiger partial charge is 0.253 e. The van der Waals surface area contributed by atoms with Crippen molar-refractivity contribution in [2.75, 3.05) is 24.6 Å². The van der Waals surface area contributed by atoms with E-state index in [0.29, 0.717) is 0 Å². The Balaban J connectivity index is 0. The summed E-state index contributed by atoms with van der Waals surface area (Å²) in [5.41, 5.74) is 0. The molecule has 0 atom stereocenters. The quantitative estimate of drug-likeness (QED) is 0.0274. The number of rotatable bonds is 29. The second kappa shape index (κ2) is 30.1. The fraction of sp³-hybridized carbons (Fsp3) is 1.00. The molecule has 41 heavy (non-hydrogen) atoms. The zero-order valence-corrected chi connectivity index (χ0v) is 28.1. The molecule has 0 aliphatic carbocycles. The summed E-state index contributed by atoms with van der Waals surface area (Å²) in [4.78, 5) is 23.8. The lowest BCUT2D eigenvalue weighted by Gasteiger charge is -2.28. The molecule has 0 rings (SSSR count). The highest BCUT2D eigenvalue weighted by Crippen LogP contribution is 2.61. The van der Waals surface area contributed by atoms with Crippen LogP contribution in [0.15, 0.2) is 0 Å². The van der Waals surface area contributed by atoms with Gasteiger partial charge in [0.2, 0.25) is 0 Å². The molecule has 0 unspecified atom stereocenters. The zero-order chi connectivity index (χ0) is 31.2. The third kappa shape index (κ3) is 26.0. The Morgan fingerprint density at radius 1 is 0.390 bits per heavy atom. The Labute approximate surface area is 252 Å². The van der Waals surface area contributed by atoms with Gasteiger partial charge in [-0.1, -0.05) is 118 Å². The van der Waals surface area contributed by atoms with Crippen molar-refractivity contribution in [3.63, 3.8) is 0 Å². The molecule has 0 aliphatic heterocycles. The van der Waals surface area contributed by atoms with Crippen molar-refractivity contribution in [2.45, 2.75) is 175 Å². The van der Waals surface area contributed by atoms with Crippen LogP contribution < -0.4 is 0 Å². The van der Waals surface area contributed by atoms with Crippen LogP contribution in [0.25, 0.3) is 0 Å². The normalized spacial score (nSPS) is 11.3. The maximum atomic E-state index is 9.50. The Hall–Kier alpha value is -1.37. The summed E-state index contributed by atoms with van der Waals surface area (Å²) in [5, 5.41) is 28.5. The van der Waals surface area contributed by atoms with Gasteiger partial charge in [-0.05, 0) is 51.4 Å². The van der Waals surface area contributed by atoms with Gasteiger partial charge in [-0.15, -0.1) is 0 Å². The predicted octanol–water partition coefficient (Wildman–Crippen LogP) is 10.8. The first-order valence-electron chi connectivity index (χ1n) is 17.0. The molecule has 0 radical (unpaired) electrons. The minimum Gasteiger partial charge on any atom is -0.253 e. The molecule has 0 amide bonds. The van der Waals surface area contributed by atoms with Crippen LogP contribution in [-0.2, 0) is 0 Å². The summed E-state index contributed by atoms with van der Waals surface area (Å²) < 4.78 is 0. The van der Waals surface area contributed by atoms with Crippen LogP contribution in [0.4, 0.5) is 0 Å². The Kier molecular flexibility index (Phi) is 30.7. The summed E-state index contributed by atoms with van der Waals surface area (Å²) in [6.07, 6.45) is 36.1. The second-order valence-corrected chi connectivity index (χ2v) is 16.3. The van der Waals surface area contributed by atoms with E-state index in [4.69, 9.17) is 0 Å². The first-order chi connectivity index (χ1) is 19.7. The molecule has 10 heteroatoms. The van der Waals surface area contributed by atoms with Gasteiger partial charge >= 0.3 is 6.29 Å². The Morgan fingerprint density at radius 2 is 0.585 bits per heavy atom. The molecular weight excluding hydrogens is 541 g/mol. The highest BCUT2D eigenvalue weighted by atomic mass is 31.2. The number of nitro groups is 3. The lowest BCUT2D eigenvalue weighted by atomic mass is 10.1. The Bertz CT molecular complexity index is 574. The van der Waals surface area contributed by atoms with Gasteiger partial charge in [0, 0.05) is 7.26 Å². The van der Waals surface area contributed by atoms with E-state index in [1.807, 2.05) is 0 Å². The molecule has 0 N–H and O–H groups in total. The first kappa shape index (κ1) is 41.8. The second-order valence-electron chi connectivity index (χ2n) is 11.8. The van der Waals surface area contributed by atoms with Crippen LogP contribution in [0.3, 0.4) is 0 Å². The van der Waals surface area contributed by atoms with Gasteiger partial charge in [0.15, 0.2) is 14.8 Å². The molecule has 244 valence electrons. The lowest BCUT2D eigenvalue weighted by molar-refractivity contribution is -0.912. The lowest BCUT2D eigenvalue weighted by Crippen LogP contribution is -2.36. The standard InChI is InChI=1S/C30H64P.CHN3O6/c1-5-9-13-17-18-19-20-21-22-26-30-31(27-23-14-10-6-2,28-24-15-11-7-3)29-25-16-12-8-4;5-2(6)1(3(7)8)4(9)10/h5-30H2,1-4H3;1H/q+1;. The molecule has 0 bridgehead atoms. The fourth-order valence-corrected chi connectivity index (χ4v) is 10.4. The maximum absolute atomic E-state index is 9.50. The number of hydrogen-bond acceptors (Lipinski definition) is 6. The SMILES string of the molecule is CCCCCCCCCCCC[P+](CCCCCC)(CCCCCC)CCCCCC.O=[N+]([O-])C([N+](=O)[O-])[N+](=O)[O-]. The van der Waals surface area contributed by atoms with Crippen LogP contribution in [0, 0.1) is 30.3 Å². The van der Waals surface area contributed by atoms with Crippen molar-refractivity contribution in [1.82, 2.24) is 0 Å². The molecule has 0 aliphatic rings. The largest absolute Gasteiger partial charge is 0.693 e. The highest BCUT2D eigenvalue weighted by Gasteiger charge is 2.45. The number of unbranched alkanes of at least 4 members (excludes halogenated alkanes) is 18. The third-order valence-corrected chi connectivity index (χ3v) is 13.1. The van der Waals surface area contributed by atoms with Gasteiger partial charge in [-0.25, -0.2) is 0 Å². The monoisotopic (exact) mass is 606 g/mol. The van der Waals surface area contributed by atoms with Crippen molar-refractivity contribution < 1.29 is 14.8 Å². The van der Waals surface area contributed by atoms with E-state index in [0.717, 1.165) is 0 Å². The van der Waals surface area contributed by atoms with Crippen molar-refractivity contribution in [1.29, 1.82) is 0 Å². The van der Waals surface area contributed by atoms with E-state index in [1.54, 1.807) is 50.3 Å². The minimum atomic E-state index is -2.94. The fourth-order valence-electron chi connectivity index (χ4n) is 5.46.